The summed E-state index contributed by atoms with van der Waals surface area (Å²) in [5.74, 6) is 1.48. The Hall–Kier alpha value is -0.780. The van der Waals surface area contributed by atoms with Gasteiger partial charge in [-0.25, -0.2) is 0 Å². The van der Waals surface area contributed by atoms with E-state index < -0.39 is 0 Å². The minimum atomic E-state index is 0. The van der Waals surface area contributed by atoms with E-state index in [2.05, 4.69) is 47.1 Å². The van der Waals surface area contributed by atoms with Crippen molar-refractivity contribution in [3.63, 3.8) is 0 Å². The van der Waals surface area contributed by atoms with Crippen molar-refractivity contribution in [2.24, 2.45) is 16.6 Å². The minimum Gasteiger partial charge on any atom is -0.370 e. The summed E-state index contributed by atoms with van der Waals surface area (Å²) in [7, 11) is 0. The van der Waals surface area contributed by atoms with Gasteiger partial charge in [-0.3, -0.25) is 4.99 Å². The van der Waals surface area contributed by atoms with Gasteiger partial charge in [-0.05, 0) is 37.2 Å². The molecule has 2 N–H and O–H groups in total. The SMILES string of the molecule is CC1CCCN(C(N)=NCCCc2ccccc2)C1.I. The van der Waals surface area contributed by atoms with Crippen LogP contribution >= 0.6 is 24.0 Å². The van der Waals surface area contributed by atoms with E-state index >= 15 is 0 Å². The van der Waals surface area contributed by atoms with Gasteiger partial charge in [0.15, 0.2) is 5.96 Å². The molecule has 1 aliphatic rings. The van der Waals surface area contributed by atoms with E-state index in [0.717, 1.165) is 44.4 Å². The summed E-state index contributed by atoms with van der Waals surface area (Å²) < 4.78 is 0. The van der Waals surface area contributed by atoms with Crippen molar-refractivity contribution in [3.05, 3.63) is 35.9 Å². The molecule has 0 spiro atoms. The molecule has 0 bridgehead atoms. The normalized spacial score (nSPS) is 19.6. The van der Waals surface area contributed by atoms with Crippen molar-refractivity contribution >= 4 is 29.9 Å². The largest absolute Gasteiger partial charge is 0.370 e. The number of halogens is 1. The third-order valence-electron chi connectivity index (χ3n) is 3.72. The van der Waals surface area contributed by atoms with Gasteiger partial charge in [0.1, 0.15) is 0 Å². The fraction of sp³-hybridized carbons (Fsp3) is 0.562. The lowest BCUT2D eigenvalue weighted by molar-refractivity contribution is 0.270. The number of likely N-dealkylation sites (tertiary alicyclic amines) is 1. The lowest BCUT2D eigenvalue weighted by Crippen LogP contribution is -2.43. The number of nitrogens with two attached hydrogens (primary N) is 1. The van der Waals surface area contributed by atoms with Gasteiger partial charge in [-0.15, -0.1) is 24.0 Å². The number of hydrogen-bond acceptors (Lipinski definition) is 1. The molecule has 0 aromatic heterocycles. The first-order valence-corrected chi connectivity index (χ1v) is 7.34. The Morgan fingerprint density at radius 2 is 2.10 bits per heavy atom. The van der Waals surface area contributed by atoms with E-state index in [4.69, 9.17) is 5.73 Å². The standard InChI is InChI=1S/C16H25N3.HI/c1-14-7-6-12-19(13-14)16(17)18-11-5-10-15-8-3-2-4-9-15;/h2-4,8-9,14H,5-7,10-13H2,1H3,(H2,17,18);1H. The molecule has 1 saturated heterocycles. The summed E-state index contributed by atoms with van der Waals surface area (Å²) >= 11 is 0. The molecule has 1 aliphatic heterocycles. The fourth-order valence-corrected chi connectivity index (χ4v) is 2.62. The van der Waals surface area contributed by atoms with Gasteiger partial charge < -0.3 is 10.6 Å². The third kappa shape index (κ3) is 5.69. The maximum Gasteiger partial charge on any atom is 0.191 e. The van der Waals surface area contributed by atoms with Crippen molar-refractivity contribution in [3.8, 4) is 0 Å². The van der Waals surface area contributed by atoms with Crippen molar-refractivity contribution in [1.82, 2.24) is 4.90 Å². The van der Waals surface area contributed by atoms with Gasteiger partial charge in [0, 0.05) is 19.6 Å². The zero-order valence-electron chi connectivity index (χ0n) is 12.3. The van der Waals surface area contributed by atoms with Crippen molar-refractivity contribution < 1.29 is 0 Å². The molecule has 112 valence electrons. The second kappa shape index (κ2) is 9.21. The number of piperidine rings is 1. The highest BCUT2D eigenvalue weighted by atomic mass is 127. The van der Waals surface area contributed by atoms with E-state index in [1.54, 1.807) is 0 Å². The fourth-order valence-electron chi connectivity index (χ4n) is 2.62. The molecule has 4 heteroatoms. The average molecular weight is 387 g/mol. The van der Waals surface area contributed by atoms with Crippen molar-refractivity contribution in [2.75, 3.05) is 19.6 Å². The van der Waals surface area contributed by atoms with E-state index in [1.165, 1.54) is 18.4 Å². The van der Waals surface area contributed by atoms with Crippen molar-refractivity contribution in [2.45, 2.75) is 32.6 Å². The van der Waals surface area contributed by atoms with E-state index in [1.807, 2.05) is 0 Å². The van der Waals surface area contributed by atoms with E-state index in [-0.39, 0.29) is 24.0 Å². The molecule has 1 fully saturated rings. The predicted octanol–water partition coefficient (Wildman–Crippen LogP) is 3.28. The van der Waals surface area contributed by atoms with Crippen LogP contribution in [0.5, 0.6) is 0 Å². The Labute approximate surface area is 139 Å². The highest BCUT2D eigenvalue weighted by Gasteiger charge is 2.17. The Bertz CT molecular complexity index is 405. The zero-order valence-corrected chi connectivity index (χ0v) is 14.6. The van der Waals surface area contributed by atoms with E-state index in [0.29, 0.717) is 0 Å². The molecule has 0 amide bonds. The number of aryl methyl sites for hydroxylation is 1. The van der Waals surface area contributed by atoms with Crippen LogP contribution < -0.4 is 5.73 Å². The summed E-state index contributed by atoms with van der Waals surface area (Å²) in [6, 6.07) is 10.6. The first-order chi connectivity index (χ1) is 9.25. The Morgan fingerprint density at radius 1 is 1.35 bits per heavy atom. The Kier molecular flexibility index (Phi) is 7.95. The van der Waals surface area contributed by atoms with E-state index in [9.17, 15) is 0 Å². The molecule has 3 nitrogen and oxygen atoms in total. The van der Waals surface area contributed by atoms with Crippen LogP contribution in [-0.4, -0.2) is 30.5 Å². The molecule has 1 aromatic carbocycles. The summed E-state index contributed by atoms with van der Waals surface area (Å²) in [5.41, 5.74) is 7.44. The van der Waals surface area contributed by atoms with Gasteiger partial charge in [0.25, 0.3) is 0 Å². The number of aliphatic imine (C=N–C) groups is 1. The average Bonchev–Trinajstić information content (AvgIpc) is 2.44. The van der Waals surface area contributed by atoms with Crippen LogP contribution in [0.1, 0.15) is 31.7 Å². The molecule has 20 heavy (non-hydrogen) atoms. The van der Waals surface area contributed by atoms with Crippen LogP contribution in [0, 0.1) is 5.92 Å². The molecule has 0 radical (unpaired) electrons. The first-order valence-electron chi connectivity index (χ1n) is 7.34. The number of guanidine groups is 1. The van der Waals surface area contributed by atoms with Gasteiger partial charge in [-0.1, -0.05) is 37.3 Å². The molecular weight excluding hydrogens is 361 g/mol. The molecule has 1 atom stereocenters. The highest BCUT2D eigenvalue weighted by Crippen LogP contribution is 2.14. The molecule has 0 aliphatic carbocycles. The number of benzene rings is 1. The lowest BCUT2D eigenvalue weighted by Gasteiger charge is -2.31. The van der Waals surface area contributed by atoms with Crippen LogP contribution in [0.25, 0.3) is 0 Å². The molecule has 0 saturated carbocycles. The quantitative estimate of drug-likeness (QED) is 0.373. The minimum absolute atomic E-state index is 0. The second-order valence-corrected chi connectivity index (χ2v) is 5.52. The first kappa shape index (κ1) is 17.3. The molecule has 2 rings (SSSR count). The van der Waals surface area contributed by atoms with Crippen molar-refractivity contribution in [1.29, 1.82) is 0 Å². The zero-order chi connectivity index (χ0) is 13.5. The summed E-state index contributed by atoms with van der Waals surface area (Å²) in [6.45, 7) is 5.24. The predicted molar refractivity (Wildman–Crippen MR) is 96.6 cm³/mol. The lowest BCUT2D eigenvalue weighted by atomic mass is 10.0. The Balaban J connectivity index is 0.00000200. The number of rotatable bonds is 4. The van der Waals surface area contributed by atoms with Crippen LogP contribution in [0.3, 0.4) is 0 Å². The van der Waals surface area contributed by atoms with Crippen LogP contribution in [0.4, 0.5) is 0 Å². The van der Waals surface area contributed by atoms with Gasteiger partial charge in [-0.2, -0.15) is 0 Å². The summed E-state index contributed by atoms with van der Waals surface area (Å²) in [6.07, 6.45) is 4.70. The summed E-state index contributed by atoms with van der Waals surface area (Å²) in [4.78, 5) is 6.75. The molecule has 1 aromatic rings. The van der Waals surface area contributed by atoms with Gasteiger partial charge in [0.05, 0.1) is 0 Å². The van der Waals surface area contributed by atoms with Crippen LogP contribution in [0.15, 0.2) is 35.3 Å². The second-order valence-electron chi connectivity index (χ2n) is 5.52. The highest BCUT2D eigenvalue weighted by molar-refractivity contribution is 14.0. The Morgan fingerprint density at radius 3 is 2.80 bits per heavy atom. The maximum atomic E-state index is 6.07. The monoisotopic (exact) mass is 387 g/mol. The van der Waals surface area contributed by atoms with Gasteiger partial charge in [0.2, 0.25) is 0 Å². The number of nitrogens with zero attached hydrogens (tertiary/aromatic N) is 2. The topological polar surface area (TPSA) is 41.6 Å². The van der Waals surface area contributed by atoms with Crippen LogP contribution in [0.2, 0.25) is 0 Å². The molecular formula is C16H26IN3. The molecule has 1 heterocycles. The third-order valence-corrected chi connectivity index (χ3v) is 3.72. The summed E-state index contributed by atoms with van der Waals surface area (Å²) in [5, 5.41) is 0. The number of hydrogen-bond donors (Lipinski definition) is 1. The van der Waals surface area contributed by atoms with Gasteiger partial charge >= 0.3 is 0 Å². The van der Waals surface area contributed by atoms with Crippen LogP contribution in [-0.2, 0) is 6.42 Å². The maximum absolute atomic E-state index is 6.07. The molecule has 1 unspecified atom stereocenters. The smallest absolute Gasteiger partial charge is 0.191 e.